The van der Waals surface area contributed by atoms with Crippen molar-refractivity contribution in [1.29, 1.82) is 0 Å². The maximum Gasteiger partial charge on any atom is 0.238 e. The van der Waals surface area contributed by atoms with Crippen LogP contribution in [-0.4, -0.2) is 25.0 Å². The van der Waals surface area contributed by atoms with Gasteiger partial charge in [-0.3, -0.25) is 4.79 Å². The molecule has 5 heteroatoms. The smallest absolute Gasteiger partial charge is 0.238 e. The molecule has 0 aliphatic carbocycles. The first-order chi connectivity index (χ1) is 11.3. The summed E-state index contributed by atoms with van der Waals surface area (Å²) in [6, 6.07) is 20.4. The number of nitrogens with one attached hydrogen (secondary N) is 2. The van der Waals surface area contributed by atoms with Gasteiger partial charge in [0.15, 0.2) is 0 Å². The first-order valence-electron chi connectivity index (χ1n) is 8.10. The predicted molar refractivity (Wildman–Crippen MR) is 103 cm³/mol. The fourth-order valence-corrected chi connectivity index (χ4v) is 3.84. The molecule has 1 unspecified atom stereocenters. The van der Waals surface area contributed by atoms with Gasteiger partial charge in [-0.2, -0.15) is 0 Å². The van der Waals surface area contributed by atoms with Gasteiger partial charge in [-0.1, -0.05) is 48.5 Å². The van der Waals surface area contributed by atoms with Crippen molar-refractivity contribution in [3.8, 4) is 0 Å². The zero-order valence-corrected chi connectivity index (χ0v) is 15.1. The molecule has 2 aromatic carbocycles. The lowest BCUT2D eigenvalue weighted by Crippen LogP contribution is -2.46. The summed E-state index contributed by atoms with van der Waals surface area (Å²) in [5, 5.41) is 6.34. The van der Waals surface area contributed by atoms with Crippen LogP contribution in [0.3, 0.4) is 0 Å². The Hall–Kier alpha value is -1.49. The molecule has 2 N–H and O–H groups in total. The SMILES string of the molecule is Cl.O=C(N[C@H]1CCCNC1)C(Sc1ccccc1)c1ccccc1. The molecule has 128 valence electrons. The minimum absolute atomic E-state index is 0. The number of rotatable bonds is 5. The Kier molecular flexibility index (Phi) is 7.63. The highest BCUT2D eigenvalue weighted by Crippen LogP contribution is 2.35. The summed E-state index contributed by atoms with van der Waals surface area (Å²) in [4.78, 5) is 14.0. The van der Waals surface area contributed by atoms with E-state index in [0.29, 0.717) is 0 Å². The lowest BCUT2D eigenvalue weighted by Gasteiger charge is -2.26. The summed E-state index contributed by atoms with van der Waals surface area (Å²) >= 11 is 1.61. The fraction of sp³-hybridized carbons (Fsp3) is 0.316. The largest absolute Gasteiger partial charge is 0.351 e. The van der Waals surface area contributed by atoms with Crippen molar-refractivity contribution in [3.05, 3.63) is 66.2 Å². The average molecular weight is 363 g/mol. The Morgan fingerprint density at radius 2 is 1.75 bits per heavy atom. The van der Waals surface area contributed by atoms with Crippen LogP contribution in [0.4, 0.5) is 0 Å². The van der Waals surface area contributed by atoms with Crippen LogP contribution in [0.2, 0.25) is 0 Å². The minimum Gasteiger partial charge on any atom is -0.351 e. The van der Waals surface area contributed by atoms with Gasteiger partial charge < -0.3 is 10.6 Å². The predicted octanol–water partition coefficient (Wildman–Crippen LogP) is 3.81. The highest BCUT2D eigenvalue weighted by molar-refractivity contribution is 8.00. The summed E-state index contributed by atoms with van der Waals surface area (Å²) in [7, 11) is 0. The van der Waals surface area contributed by atoms with Crippen molar-refractivity contribution in [2.45, 2.75) is 29.0 Å². The molecule has 0 aromatic heterocycles. The van der Waals surface area contributed by atoms with Crippen molar-refractivity contribution in [3.63, 3.8) is 0 Å². The molecule has 1 amide bonds. The van der Waals surface area contributed by atoms with Crippen LogP contribution in [0.25, 0.3) is 0 Å². The van der Waals surface area contributed by atoms with E-state index >= 15 is 0 Å². The van der Waals surface area contributed by atoms with Crippen LogP contribution >= 0.6 is 24.2 Å². The maximum atomic E-state index is 12.9. The van der Waals surface area contributed by atoms with Crippen molar-refractivity contribution >= 4 is 30.1 Å². The molecule has 0 bridgehead atoms. The first-order valence-corrected chi connectivity index (χ1v) is 8.98. The Morgan fingerprint density at radius 1 is 1.08 bits per heavy atom. The molecular formula is C19H23ClN2OS. The van der Waals surface area contributed by atoms with E-state index in [1.165, 1.54) is 0 Å². The first kappa shape index (κ1) is 18.8. The number of amides is 1. The molecule has 3 nitrogen and oxygen atoms in total. The highest BCUT2D eigenvalue weighted by Gasteiger charge is 2.25. The van der Waals surface area contributed by atoms with E-state index in [1.807, 2.05) is 48.5 Å². The van der Waals surface area contributed by atoms with Crippen LogP contribution in [0, 0.1) is 0 Å². The van der Waals surface area contributed by atoms with Crippen LogP contribution in [0.5, 0.6) is 0 Å². The standard InChI is InChI=1S/C19H22N2OS.ClH/c22-19(21-16-10-7-13-20-14-16)18(15-8-3-1-4-9-15)23-17-11-5-2-6-12-17;/h1-6,8-9,11-12,16,18,20H,7,10,13-14H2,(H,21,22);1H/t16-,18?;/m0./s1. The van der Waals surface area contributed by atoms with E-state index < -0.39 is 0 Å². The number of hydrogen-bond acceptors (Lipinski definition) is 3. The topological polar surface area (TPSA) is 41.1 Å². The van der Waals surface area contributed by atoms with Gasteiger partial charge in [-0.25, -0.2) is 0 Å². The summed E-state index contributed by atoms with van der Waals surface area (Å²) in [6.45, 7) is 1.91. The molecule has 2 aromatic rings. The van der Waals surface area contributed by atoms with Crippen molar-refractivity contribution < 1.29 is 4.79 Å². The van der Waals surface area contributed by atoms with E-state index in [1.54, 1.807) is 11.8 Å². The zero-order chi connectivity index (χ0) is 15.9. The molecule has 2 atom stereocenters. The molecule has 1 fully saturated rings. The molecule has 1 saturated heterocycles. The van der Waals surface area contributed by atoms with Crippen LogP contribution in [0.1, 0.15) is 23.7 Å². The van der Waals surface area contributed by atoms with Crippen LogP contribution in [0.15, 0.2) is 65.6 Å². The number of hydrogen-bond donors (Lipinski definition) is 2. The van der Waals surface area contributed by atoms with Crippen molar-refractivity contribution in [2.75, 3.05) is 13.1 Å². The Bertz CT molecular complexity index is 618. The summed E-state index contributed by atoms with van der Waals surface area (Å²) < 4.78 is 0. The van der Waals surface area contributed by atoms with Gasteiger partial charge in [-0.05, 0) is 37.1 Å². The quantitative estimate of drug-likeness (QED) is 0.795. The lowest BCUT2D eigenvalue weighted by molar-refractivity contribution is -0.121. The van der Waals surface area contributed by atoms with Gasteiger partial charge in [-0.15, -0.1) is 24.2 Å². The van der Waals surface area contributed by atoms with Crippen molar-refractivity contribution in [1.82, 2.24) is 10.6 Å². The monoisotopic (exact) mass is 362 g/mol. The Labute approximate surface area is 154 Å². The molecule has 0 saturated carbocycles. The van der Waals surface area contributed by atoms with Crippen LogP contribution < -0.4 is 10.6 Å². The third kappa shape index (κ3) is 5.26. The second-order valence-electron chi connectivity index (χ2n) is 5.77. The molecule has 3 rings (SSSR count). The second-order valence-corrected chi connectivity index (χ2v) is 6.95. The van der Waals surface area contributed by atoms with Crippen molar-refractivity contribution in [2.24, 2.45) is 0 Å². The number of carbonyl (C=O) groups is 1. The highest BCUT2D eigenvalue weighted by atomic mass is 35.5. The van der Waals surface area contributed by atoms with E-state index in [4.69, 9.17) is 0 Å². The van der Waals surface area contributed by atoms with Gasteiger partial charge in [0.1, 0.15) is 5.25 Å². The molecule has 24 heavy (non-hydrogen) atoms. The van der Waals surface area contributed by atoms with E-state index in [-0.39, 0.29) is 29.6 Å². The van der Waals surface area contributed by atoms with Crippen LogP contribution in [-0.2, 0) is 4.79 Å². The number of halogens is 1. The van der Waals surface area contributed by atoms with Gasteiger partial charge in [0, 0.05) is 17.5 Å². The fourth-order valence-electron chi connectivity index (χ4n) is 2.79. The van der Waals surface area contributed by atoms with Gasteiger partial charge in [0.25, 0.3) is 0 Å². The molecule has 0 radical (unpaired) electrons. The summed E-state index contributed by atoms with van der Waals surface area (Å²) in [5.74, 6) is 0.0961. The Balaban J connectivity index is 0.00000208. The molecule has 1 heterocycles. The Morgan fingerprint density at radius 3 is 2.38 bits per heavy atom. The van der Waals surface area contributed by atoms with E-state index in [2.05, 4.69) is 22.8 Å². The summed E-state index contributed by atoms with van der Waals surface area (Å²) in [5.41, 5.74) is 1.04. The van der Waals surface area contributed by atoms with Gasteiger partial charge >= 0.3 is 0 Å². The van der Waals surface area contributed by atoms with E-state index in [0.717, 1.165) is 36.4 Å². The third-order valence-electron chi connectivity index (χ3n) is 3.98. The molecule has 0 spiro atoms. The lowest BCUT2D eigenvalue weighted by atomic mass is 10.1. The normalized spacial score (nSPS) is 18.2. The second kappa shape index (κ2) is 9.72. The maximum absolute atomic E-state index is 12.9. The zero-order valence-electron chi connectivity index (χ0n) is 13.5. The number of carbonyl (C=O) groups excluding carboxylic acids is 1. The molecule has 1 aliphatic heterocycles. The number of thioether (sulfide) groups is 1. The van der Waals surface area contributed by atoms with E-state index in [9.17, 15) is 4.79 Å². The average Bonchev–Trinajstić information content (AvgIpc) is 2.62. The molecule has 1 aliphatic rings. The summed E-state index contributed by atoms with van der Waals surface area (Å²) in [6.07, 6.45) is 2.17. The third-order valence-corrected chi connectivity index (χ3v) is 5.25. The molecular weight excluding hydrogens is 340 g/mol. The number of benzene rings is 2. The minimum atomic E-state index is -0.222. The number of piperidine rings is 1. The van der Waals surface area contributed by atoms with Gasteiger partial charge in [0.05, 0.1) is 0 Å². The van der Waals surface area contributed by atoms with Gasteiger partial charge in [0.2, 0.25) is 5.91 Å².